The van der Waals surface area contributed by atoms with Crippen LogP contribution in [0.25, 0.3) is 0 Å². The molecule has 0 unspecified atom stereocenters. The maximum atomic E-state index is 11.1. The summed E-state index contributed by atoms with van der Waals surface area (Å²) in [6, 6.07) is 0. The van der Waals surface area contributed by atoms with E-state index in [1.165, 1.54) is 0 Å². The van der Waals surface area contributed by atoms with E-state index in [4.69, 9.17) is 12.2 Å². The van der Waals surface area contributed by atoms with Crippen molar-refractivity contribution < 1.29 is 4.79 Å². The Kier molecular flexibility index (Phi) is 8.38. The van der Waals surface area contributed by atoms with Crippen LogP contribution in [-0.2, 0) is 4.79 Å². The molecule has 0 rings (SSSR count). The van der Waals surface area contributed by atoms with Crippen molar-refractivity contribution in [3.8, 4) is 12.3 Å². The molecule has 0 aromatic heterocycles. The van der Waals surface area contributed by atoms with Gasteiger partial charge in [0.15, 0.2) is 0 Å². The van der Waals surface area contributed by atoms with E-state index in [1.54, 1.807) is 0 Å². The van der Waals surface area contributed by atoms with Gasteiger partial charge in [0.05, 0.1) is 0 Å². The predicted molar refractivity (Wildman–Crippen MR) is 54.0 cm³/mol. The summed E-state index contributed by atoms with van der Waals surface area (Å²) in [7, 11) is 0. The lowest BCUT2D eigenvalue weighted by molar-refractivity contribution is -0.121. The summed E-state index contributed by atoms with van der Waals surface area (Å²) in [5, 5.41) is 2.75. The van der Waals surface area contributed by atoms with Crippen molar-refractivity contribution in [2.24, 2.45) is 5.73 Å². The molecular formula is C10H18N2O. The Bertz CT molecular complexity index is 172. The highest BCUT2D eigenvalue weighted by Gasteiger charge is 1.98. The third-order valence-electron chi connectivity index (χ3n) is 1.70. The monoisotopic (exact) mass is 182 g/mol. The van der Waals surface area contributed by atoms with Gasteiger partial charge in [0.1, 0.15) is 0 Å². The zero-order valence-electron chi connectivity index (χ0n) is 8.01. The standard InChI is InChI=1S/C10H18N2O/c1-2-3-9-12-10(13)7-5-4-6-8-11/h1H,3-9,11H2,(H,12,13). The van der Waals surface area contributed by atoms with Gasteiger partial charge in [0, 0.05) is 19.4 Å². The largest absolute Gasteiger partial charge is 0.355 e. The predicted octanol–water partition coefficient (Wildman–Crippen LogP) is 0.645. The Hall–Kier alpha value is -1.01. The maximum Gasteiger partial charge on any atom is 0.220 e. The lowest BCUT2D eigenvalue weighted by Gasteiger charge is -2.01. The molecule has 3 heteroatoms. The van der Waals surface area contributed by atoms with Crippen LogP contribution in [0, 0.1) is 12.3 Å². The fraction of sp³-hybridized carbons (Fsp3) is 0.700. The number of amides is 1. The smallest absolute Gasteiger partial charge is 0.220 e. The Morgan fingerprint density at radius 3 is 2.77 bits per heavy atom. The van der Waals surface area contributed by atoms with Crippen molar-refractivity contribution in [2.75, 3.05) is 13.1 Å². The van der Waals surface area contributed by atoms with Gasteiger partial charge in [-0.1, -0.05) is 6.42 Å². The SMILES string of the molecule is C#CCCNC(=O)CCCCCN. The van der Waals surface area contributed by atoms with Crippen LogP contribution < -0.4 is 11.1 Å². The summed E-state index contributed by atoms with van der Waals surface area (Å²) in [6.07, 6.45) is 9.17. The molecule has 3 nitrogen and oxygen atoms in total. The number of carbonyl (C=O) groups excluding carboxylic acids is 1. The zero-order chi connectivity index (χ0) is 9.94. The van der Waals surface area contributed by atoms with E-state index in [1.807, 2.05) is 0 Å². The van der Waals surface area contributed by atoms with E-state index in [0.29, 0.717) is 25.9 Å². The number of hydrogen-bond acceptors (Lipinski definition) is 2. The van der Waals surface area contributed by atoms with Crippen LogP contribution >= 0.6 is 0 Å². The minimum atomic E-state index is 0.0901. The number of rotatable bonds is 7. The molecule has 0 aromatic rings. The summed E-state index contributed by atoms with van der Waals surface area (Å²) in [5.74, 6) is 2.56. The van der Waals surface area contributed by atoms with Crippen LogP contribution in [0.5, 0.6) is 0 Å². The lowest BCUT2D eigenvalue weighted by atomic mass is 10.2. The Morgan fingerprint density at radius 1 is 1.38 bits per heavy atom. The Labute approximate surface area is 80.1 Å². The first-order chi connectivity index (χ1) is 6.31. The molecule has 0 saturated carbocycles. The molecule has 3 N–H and O–H groups in total. The minimum absolute atomic E-state index is 0.0901. The van der Waals surface area contributed by atoms with Crippen LogP contribution in [0.4, 0.5) is 0 Å². The Morgan fingerprint density at radius 2 is 2.15 bits per heavy atom. The highest BCUT2D eigenvalue weighted by Crippen LogP contribution is 1.97. The zero-order valence-corrected chi connectivity index (χ0v) is 8.01. The van der Waals surface area contributed by atoms with E-state index >= 15 is 0 Å². The van der Waals surface area contributed by atoms with E-state index in [9.17, 15) is 4.79 Å². The van der Waals surface area contributed by atoms with Crippen LogP contribution in [-0.4, -0.2) is 19.0 Å². The molecule has 0 aliphatic carbocycles. The fourth-order valence-corrected chi connectivity index (χ4v) is 0.969. The number of nitrogens with two attached hydrogens (primary N) is 1. The van der Waals surface area contributed by atoms with Gasteiger partial charge in [0.25, 0.3) is 0 Å². The minimum Gasteiger partial charge on any atom is -0.355 e. The average molecular weight is 182 g/mol. The number of nitrogens with one attached hydrogen (secondary N) is 1. The molecule has 0 aliphatic heterocycles. The van der Waals surface area contributed by atoms with Crippen LogP contribution in [0.1, 0.15) is 32.1 Å². The summed E-state index contributed by atoms with van der Waals surface area (Å²) in [4.78, 5) is 11.1. The van der Waals surface area contributed by atoms with Crippen LogP contribution in [0.15, 0.2) is 0 Å². The van der Waals surface area contributed by atoms with Gasteiger partial charge in [-0.25, -0.2) is 0 Å². The van der Waals surface area contributed by atoms with Gasteiger partial charge in [-0.3, -0.25) is 4.79 Å². The average Bonchev–Trinajstić information content (AvgIpc) is 2.13. The normalized spacial score (nSPS) is 9.23. The second kappa shape index (κ2) is 9.08. The van der Waals surface area contributed by atoms with Gasteiger partial charge in [-0.15, -0.1) is 12.3 Å². The van der Waals surface area contributed by atoms with Crippen molar-refractivity contribution in [1.82, 2.24) is 5.32 Å². The van der Waals surface area contributed by atoms with E-state index < -0.39 is 0 Å². The highest BCUT2D eigenvalue weighted by atomic mass is 16.1. The van der Waals surface area contributed by atoms with Gasteiger partial charge < -0.3 is 11.1 Å². The van der Waals surface area contributed by atoms with Gasteiger partial charge in [-0.05, 0) is 19.4 Å². The van der Waals surface area contributed by atoms with Crippen LogP contribution in [0.2, 0.25) is 0 Å². The summed E-state index contributed by atoms with van der Waals surface area (Å²) >= 11 is 0. The molecule has 0 spiro atoms. The molecule has 0 fully saturated rings. The molecule has 0 atom stereocenters. The fourth-order valence-electron chi connectivity index (χ4n) is 0.969. The van der Waals surface area contributed by atoms with Crippen molar-refractivity contribution in [1.29, 1.82) is 0 Å². The maximum absolute atomic E-state index is 11.1. The third kappa shape index (κ3) is 8.90. The summed E-state index contributed by atoms with van der Waals surface area (Å²) < 4.78 is 0. The van der Waals surface area contributed by atoms with Gasteiger partial charge in [0.2, 0.25) is 5.91 Å². The first-order valence-electron chi connectivity index (χ1n) is 4.71. The first kappa shape index (κ1) is 12.0. The van der Waals surface area contributed by atoms with E-state index in [2.05, 4.69) is 11.2 Å². The molecule has 0 radical (unpaired) electrons. The summed E-state index contributed by atoms with van der Waals surface area (Å²) in [6.45, 7) is 1.30. The van der Waals surface area contributed by atoms with Crippen LogP contribution in [0.3, 0.4) is 0 Å². The molecule has 13 heavy (non-hydrogen) atoms. The molecule has 0 aromatic carbocycles. The van der Waals surface area contributed by atoms with E-state index in [-0.39, 0.29) is 5.91 Å². The first-order valence-corrected chi connectivity index (χ1v) is 4.71. The number of hydrogen-bond donors (Lipinski definition) is 2. The molecule has 1 amide bonds. The highest BCUT2D eigenvalue weighted by molar-refractivity contribution is 5.75. The van der Waals surface area contributed by atoms with Crippen molar-refractivity contribution >= 4 is 5.91 Å². The molecule has 74 valence electrons. The van der Waals surface area contributed by atoms with Crippen molar-refractivity contribution in [3.05, 3.63) is 0 Å². The topological polar surface area (TPSA) is 55.1 Å². The number of carbonyl (C=O) groups is 1. The second-order valence-electron chi connectivity index (χ2n) is 2.90. The second-order valence-corrected chi connectivity index (χ2v) is 2.90. The molecule has 0 heterocycles. The quantitative estimate of drug-likeness (QED) is 0.448. The van der Waals surface area contributed by atoms with Gasteiger partial charge in [-0.2, -0.15) is 0 Å². The third-order valence-corrected chi connectivity index (χ3v) is 1.70. The lowest BCUT2D eigenvalue weighted by Crippen LogP contribution is -2.23. The summed E-state index contributed by atoms with van der Waals surface area (Å²) in [5.41, 5.74) is 5.32. The van der Waals surface area contributed by atoms with Crippen molar-refractivity contribution in [3.63, 3.8) is 0 Å². The number of unbranched alkanes of at least 4 members (excludes halogenated alkanes) is 2. The van der Waals surface area contributed by atoms with Crippen molar-refractivity contribution in [2.45, 2.75) is 32.1 Å². The molecule has 0 aliphatic rings. The molecule has 0 bridgehead atoms. The molecular weight excluding hydrogens is 164 g/mol. The number of terminal acetylenes is 1. The molecule has 0 saturated heterocycles. The Balaban J connectivity index is 3.16. The van der Waals surface area contributed by atoms with E-state index in [0.717, 1.165) is 19.3 Å². The van der Waals surface area contributed by atoms with Gasteiger partial charge >= 0.3 is 0 Å².